The molecule has 6 nitrogen and oxygen atoms in total. The second kappa shape index (κ2) is 7.13. The van der Waals surface area contributed by atoms with Gasteiger partial charge in [-0.1, -0.05) is 0 Å². The number of hydrogen-bond acceptors (Lipinski definition) is 3. The Morgan fingerprint density at radius 3 is 2.88 bits per heavy atom. The highest BCUT2D eigenvalue weighted by atomic mass is 19.1. The zero-order valence-electron chi connectivity index (χ0n) is 14.8. The van der Waals surface area contributed by atoms with Crippen LogP contribution in [0.2, 0.25) is 0 Å². The first-order valence-corrected chi connectivity index (χ1v) is 8.41. The van der Waals surface area contributed by atoms with E-state index in [-0.39, 0.29) is 17.8 Å². The van der Waals surface area contributed by atoms with Gasteiger partial charge in [-0.2, -0.15) is 5.10 Å². The van der Waals surface area contributed by atoms with Crippen molar-refractivity contribution in [3.05, 3.63) is 41.5 Å². The molecule has 0 radical (unpaired) electrons. The maximum Gasteiger partial charge on any atom is 0.322 e. The smallest absolute Gasteiger partial charge is 0.322 e. The van der Waals surface area contributed by atoms with Crippen LogP contribution in [0.4, 0.5) is 14.9 Å². The number of rotatable bonds is 3. The van der Waals surface area contributed by atoms with E-state index < -0.39 is 5.82 Å². The topological polar surface area (TPSA) is 59.4 Å². The fourth-order valence-corrected chi connectivity index (χ4v) is 3.33. The van der Waals surface area contributed by atoms with Gasteiger partial charge >= 0.3 is 6.03 Å². The lowest BCUT2D eigenvalue weighted by Gasteiger charge is -2.35. The van der Waals surface area contributed by atoms with Crippen molar-refractivity contribution in [2.45, 2.75) is 32.2 Å². The number of piperidine rings is 1. The molecule has 0 saturated carbocycles. The summed E-state index contributed by atoms with van der Waals surface area (Å²) in [4.78, 5) is 14.6. The van der Waals surface area contributed by atoms with E-state index in [1.54, 1.807) is 16.9 Å². The molecule has 1 aromatic carbocycles. The molecule has 1 aromatic heterocycles. The lowest BCUT2D eigenvalue weighted by atomic mass is 9.99. The number of carbonyl (C=O) groups is 1. The number of carbonyl (C=O) groups excluding carboxylic acids is 1. The average Bonchev–Trinajstić information content (AvgIpc) is 3.03. The van der Waals surface area contributed by atoms with Gasteiger partial charge in [-0.25, -0.2) is 9.18 Å². The van der Waals surface area contributed by atoms with E-state index in [0.717, 1.165) is 30.5 Å². The van der Waals surface area contributed by atoms with Crippen molar-refractivity contribution < 1.29 is 13.9 Å². The maximum absolute atomic E-state index is 14.0. The summed E-state index contributed by atoms with van der Waals surface area (Å²) in [6, 6.07) is 4.58. The van der Waals surface area contributed by atoms with E-state index in [4.69, 9.17) is 4.74 Å². The van der Waals surface area contributed by atoms with Gasteiger partial charge in [0.25, 0.3) is 0 Å². The van der Waals surface area contributed by atoms with Crippen molar-refractivity contribution in [1.82, 2.24) is 14.7 Å². The molecule has 0 unspecified atom stereocenters. The van der Waals surface area contributed by atoms with Gasteiger partial charge in [-0.05, 0) is 43.9 Å². The third-order valence-electron chi connectivity index (χ3n) is 4.70. The fourth-order valence-electron chi connectivity index (χ4n) is 3.33. The summed E-state index contributed by atoms with van der Waals surface area (Å²) in [5, 5.41) is 7.05. The van der Waals surface area contributed by atoms with Gasteiger partial charge in [-0.15, -0.1) is 0 Å². The highest BCUT2D eigenvalue weighted by Gasteiger charge is 2.30. The van der Waals surface area contributed by atoms with Crippen molar-refractivity contribution in [3.63, 3.8) is 0 Å². The minimum atomic E-state index is -0.495. The molecule has 1 aliphatic rings. The van der Waals surface area contributed by atoms with Gasteiger partial charge < -0.3 is 15.0 Å². The second-order valence-corrected chi connectivity index (χ2v) is 6.32. The molecule has 0 spiro atoms. The molecule has 2 amide bonds. The number of aromatic nitrogens is 2. The van der Waals surface area contributed by atoms with Crippen LogP contribution in [0.5, 0.6) is 5.75 Å². The normalized spacial score (nSPS) is 17.4. The number of nitrogens with one attached hydrogen (secondary N) is 1. The summed E-state index contributed by atoms with van der Waals surface area (Å²) in [6.07, 6.45) is 4.65. The Morgan fingerprint density at radius 2 is 2.20 bits per heavy atom. The first-order chi connectivity index (χ1) is 12.0. The molecule has 1 saturated heterocycles. The lowest BCUT2D eigenvalue weighted by molar-refractivity contribution is 0.159. The van der Waals surface area contributed by atoms with E-state index in [2.05, 4.69) is 10.4 Å². The van der Waals surface area contributed by atoms with Gasteiger partial charge in [0.2, 0.25) is 0 Å². The molecular formula is C18H23FN4O2. The van der Waals surface area contributed by atoms with E-state index in [1.165, 1.54) is 13.2 Å². The van der Waals surface area contributed by atoms with Crippen LogP contribution < -0.4 is 10.1 Å². The number of hydrogen-bond donors (Lipinski definition) is 1. The molecule has 1 fully saturated rings. The highest BCUT2D eigenvalue weighted by molar-refractivity contribution is 5.90. The minimum absolute atomic E-state index is 0.0235. The summed E-state index contributed by atoms with van der Waals surface area (Å²) in [5.41, 5.74) is 2.21. The molecule has 1 atom stereocenters. The first-order valence-electron chi connectivity index (χ1n) is 8.41. The van der Waals surface area contributed by atoms with Crippen molar-refractivity contribution in [3.8, 4) is 5.75 Å². The predicted molar refractivity (Wildman–Crippen MR) is 93.2 cm³/mol. The maximum atomic E-state index is 14.0. The van der Waals surface area contributed by atoms with Crippen molar-refractivity contribution in [2.24, 2.45) is 7.05 Å². The van der Waals surface area contributed by atoms with Gasteiger partial charge in [0.1, 0.15) is 0 Å². The van der Waals surface area contributed by atoms with Crippen LogP contribution in [0.15, 0.2) is 24.4 Å². The number of methoxy groups -OCH3 is 1. The Hall–Kier alpha value is -2.57. The molecule has 25 heavy (non-hydrogen) atoms. The van der Waals surface area contributed by atoms with Crippen molar-refractivity contribution in [1.29, 1.82) is 0 Å². The molecule has 2 aromatic rings. The number of urea groups is 1. The van der Waals surface area contributed by atoms with Crippen LogP contribution in [0.1, 0.15) is 36.6 Å². The number of ether oxygens (including phenoxy) is 1. The van der Waals surface area contributed by atoms with Crippen LogP contribution in [-0.2, 0) is 7.05 Å². The van der Waals surface area contributed by atoms with Crippen LogP contribution >= 0.6 is 0 Å². The largest absolute Gasteiger partial charge is 0.494 e. The monoisotopic (exact) mass is 346 g/mol. The fraction of sp³-hybridized carbons (Fsp3) is 0.444. The van der Waals surface area contributed by atoms with Crippen LogP contribution in [-0.4, -0.2) is 34.4 Å². The van der Waals surface area contributed by atoms with Gasteiger partial charge in [0, 0.05) is 31.5 Å². The lowest BCUT2D eigenvalue weighted by Crippen LogP contribution is -2.41. The van der Waals surface area contributed by atoms with Crippen molar-refractivity contribution in [2.75, 3.05) is 19.0 Å². The zero-order chi connectivity index (χ0) is 18.0. The van der Waals surface area contributed by atoms with Crippen LogP contribution in [0.25, 0.3) is 0 Å². The van der Waals surface area contributed by atoms with Gasteiger partial charge in [0.15, 0.2) is 11.6 Å². The Balaban J connectivity index is 1.82. The molecule has 2 heterocycles. The van der Waals surface area contributed by atoms with Crippen molar-refractivity contribution >= 4 is 11.7 Å². The number of amides is 2. The average molecular weight is 346 g/mol. The number of nitrogens with zero attached hydrogens (tertiary/aromatic N) is 3. The highest BCUT2D eigenvalue weighted by Crippen LogP contribution is 2.32. The molecule has 7 heteroatoms. The minimum Gasteiger partial charge on any atom is -0.494 e. The molecule has 3 rings (SSSR count). The van der Waals surface area contributed by atoms with Crippen LogP contribution in [0, 0.1) is 12.7 Å². The zero-order valence-corrected chi connectivity index (χ0v) is 14.8. The summed E-state index contributed by atoms with van der Waals surface area (Å²) in [6.45, 7) is 2.48. The Kier molecular flexibility index (Phi) is 4.92. The van der Waals surface area contributed by atoms with E-state index >= 15 is 0 Å². The molecular weight excluding hydrogens is 323 g/mol. The third-order valence-corrected chi connectivity index (χ3v) is 4.70. The molecule has 0 aliphatic carbocycles. The van der Waals surface area contributed by atoms with E-state index in [9.17, 15) is 9.18 Å². The summed E-state index contributed by atoms with van der Waals surface area (Å²) in [7, 11) is 3.30. The first kappa shape index (κ1) is 17.3. The number of halogens is 1. The Morgan fingerprint density at radius 1 is 1.40 bits per heavy atom. The summed E-state index contributed by atoms with van der Waals surface area (Å²) < 4.78 is 20.7. The molecule has 0 bridgehead atoms. The van der Waals surface area contributed by atoms with Gasteiger partial charge in [0.05, 0.1) is 18.8 Å². The number of anilines is 1. The molecule has 134 valence electrons. The van der Waals surface area contributed by atoms with E-state index in [1.807, 2.05) is 24.9 Å². The van der Waals surface area contributed by atoms with E-state index in [0.29, 0.717) is 12.2 Å². The number of likely N-dealkylation sites (tertiary alicyclic amines) is 1. The number of benzene rings is 1. The second-order valence-electron chi connectivity index (χ2n) is 6.32. The molecule has 1 N–H and O–H groups in total. The predicted octanol–water partition coefficient (Wildman–Crippen LogP) is 3.64. The SMILES string of the molecule is COc1cc(C)c(NC(=O)N2CCCC[C@H]2c2ccnn2C)cc1F. The number of aryl methyl sites for hydroxylation is 2. The summed E-state index contributed by atoms with van der Waals surface area (Å²) in [5.74, 6) is -0.327. The summed E-state index contributed by atoms with van der Waals surface area (Å²) >= 11 is 0. The van der Waals surface area contributed by atoms with Gasteiger partial charge in [-0.3, -0.25) is 4.68 Å². The quantitative estimate of drug-likeness (QED) is 0.923. The molecule has 1 aliphatic heterocycles. The standard InChI is InChI=1S/C18H23FN4O2/c1-12-10-17(25-3)13(19)11-14(12)21-18(24)23-9-5-4-6-16(23)15-7-8-20-22(15)2/h7-8,10-11,16H,4-6,9H2,1-3H3,(H,21,24)/t16-/m0/s1. The van der Waals surface area contributed by atoms with Crippen LogP contribution in [0.3, 0.4) is 0 Å². The third kappa shape index (κ3) is 3.45. The Bertz CT molecular complexity index is 774. The Labute approximate surface area is 146 Å².